The summed E-state index contributed by atoms with van der Waals surface area (Å²) in [5.41, 5.74) is 0.186. The monoisotopic (exact) mass is 287 g/mol. The van der Waals surface area contributed by atoms with Crippen molar-refractivity contribution < 1.29 is 9.47 Å². The first-order valence-electron chi connectivity index (χ1n) is 7.75. The van der Waals surface area contributed by atoms with E-state index in [-0.39, 0.29) is 5.60 Å². The molecule has 0 aromatic carbocycles. The van der Waals surface area contributed by atoms with Crippen molar-refractivity contribution >= 4 is 11.8 Å². The highest BCUT2D eigenvalue weighted by molar-refractivity contribution is 7.99. The smallest absolute Gasteiger partial charge is 0.0713 e. The molecule has 2 aliphatic heterocycles. The maximum Gasteiger partial charge on any atom is 0.0713 e. The second-order valence-electron chi connectivity index (χ2n) is 5.94. The predicted molar refractivity (Wildman–Crippen MR) is 82.0 cm³/mol. The lowest BCUT2D eigenvalue weighted by Gasteiger charge is -2.44. The molecule has 0 bridgehead atoms. The number of nitrogens with one attached hydrogen (secondary N) is 1. The highest BCUT2D eigenvalue weighted by Gasteiger charge is 2.39. The molecule has 2 aliphatic rings. The van der Waals surface area contributed by atoms with Crippen LogP contribution in [0.5, 0.6) is 0 Å². The molecular weight excluding hydrogens is 258 g/mol. The van der Waals surface area contributed by atoms with Gasteiger partial charge in [-0.1, -0.05) is 13.3 Å². The van der Waals surface area contributed by atoms with E-state index >= 15 is 0 Å². The van der Waals surface area contributed by atoms with Crippen LogP contribution in [0, 0.1) is 0 Å². The summed E-state index contributed by atoms with van der Waals surface area (Å²) in [7, 11) is 1.80. The van der Waals surface area contributed by atoms with E-state index in [1.165, 1.54) is 43.6 Å². The van der Waals surface area contributed by atoms with Crippen molar-refractivity contribution in [1.82, 2.24) is 5.32 Å². The van der Waals surface area contributed by atoms with E-state index in [0.717, 1.165) is 19.6 Å². The number of ether oxygens (including phenoxy) is 2. The molecule has 1 spiro atoms. The second-order valence-corrected chi connectivity index (χ2v) is 7.17. The summed E-state index contributed by atoms with van der Waals surface area (Å²) in [6, 6.07) is 1.12. The van der Waals surface area contributed by atoms with Gasteiger partial charge < -0.3 is 14.8 Å². The lowest BCUT2D eigenvalue weighted by atomic mass is 9.85. The van der Waals surface area contributed by atoms with Crippen LogP contribution >= 0.6 is 11.8 Å². The Bertz CT molecular complexity index is 245. The second kappa shape index (κ2) is 7.87. The Labute approximate surface area is 122 Å². The summed E-state index contributed by atoms with van der Waals surface area (Å²) in [6.45, 7) is 4.00. The minimum atomic E-state index is 0.186. The third-order valence-electron chi connectivity index (χ3n) is 4.37. The van der Waals surface area contributed by atoms with Crippen LogP contribution in [0.15, 0.2) is 0 Å². The standard InChI is InChI=1S/C15H29NO2S/c1-3-4-14(12-17-2)16-13-5-8-18-15(11-13)6-9-19-10-7-15/h13-14,16H,3-12H2,1-2H3. The van der Waals surface area contributed by atoms with Gasteiger partial charge in [-0.2, -0.15) is 11.8 Å². The van der Waals surface area contributed by atoms with Gasteiger partial charge in [-0.25, -0.2) is 0 Å². The van der Waals surface area contributed by atoms with Crippen molar-refractivity contribution in [2.45, 2.75) is 63.1 Å². The number of hydrogen-bond donors (Lipinski definition) is 1. The normalized spacial score (nSPS) is 28.4. The molecule has 0 aliphatic carbocycles. The van der Waals surface area contributed by atoms with Gasteiger partial charge in [-0.05, 0) is 43.6 Å². The van der Waals surface area contributed by atoms with Crippen molar-refractivity contribution in [3.05, 3.63) is 0 Å². The van der Waals surface area contributed by atoms with Crippen LogP contribution in [-0.2, 0) is 9.47 Å². The Morgan fingerprint density at radius 1 is 1.42 bits per heavy atom. The summed E-state index contributed by atoms with van der Waals surface area (Å²) < 4.78 is 11.5. The minimum Gasteiger partial charge on any atom is -0.383 e. The van der Waals surface area contributed by atoms with Gasteiger partial charge in [-0.3, -0.25) is 0 Å². The van der Waals surface area contributed by atoms with Crippen molar-refractivity contribution in [3.63, 3.8) is 0 Å². The molecule has 2 rings (SSSR count). The zero-order chi connectivity index (χ0) is 13.6. The van der Waals surface area contributed by atoms with Crippen LogP contribution in [0.2, 0.25) is 0 Å². The van der Waals surface area contributed by atoms with E-state index in [2.05, 4.69) is 24.0 Å². The number of rotatable bonds is 6. The van der Waals surface area contributed by atoms with Crippen molar-refractivity contribution in [2.24, 2.45) is 0 Å². The molecule has 0 aromatic rings. The summed E-state index contributed by atoms with van der Waals surface area (Å²) >= 11 is 2.07. The molecule has 2 unspecified atom stereocenters. The Kier molecular flexibility index (Phi) is 6.46. The molecule has 2 atom stereocenters. The number of thioether (sulfide) groups is 1. The first-order chi connectivity index (χ1) is 9.28. The van der Waals surface area contributed by atoms with Gasteiger partial charge in [0.05, 0.1) is 12.2 Å². The van der Waals surface area contributed by atoms with Crippen molar-refractivity contribution in [1.29, 1.82) is 0 Å². The lowest BCUT2D eigenvalue weighted by molar-refractivity contribution is -0.0949. The Morgan fingerprint density at radius 2 is 2.21 bits per heavy atom. The van der Waals surface area contributed by atoms with Gasteiger partial charge >= 0.3 is 0 Å². The Morgan fingerprint density at radius 3 is 2.89 bits per heavy atom. The number of hydrogen-bond acceptors (Lipinski definition) is 4. The van der Waals surface area contributed by atoms with Gasteiger partial charge in [0, 0.05) is 25.8 Å². The fourth-order valence-corrected chi connectivity index (χ4v) is 4.60. The van der Waals surface area contributed by atoms with Gasteiger partial charge in [0.25, 0.3) is 0 Å². The third kappa shape index (κ3) is 4.62. The average molecular weight is 287 g/mol. The molecule has 2 heterocycles. The molecule has 112 valence electrons. The van der Waals surface area contributed by atoms with Crippen LogP contribution < -0.4 is 5.32 Å². The largest absolute Gasteiger partial charge is 0.383 e. The zero-order valence-electron chi connectivity index (χ0n) is 12.5. The van der Waals surface area contributed by atoms with Crippen LogP contribution in [0.25, 0.3) is 0 Å². The fraction of sp³-hybridized carbons (Fsp3) is 1.00. The maximum absolute atomic E-state index is 6.15. The van der Waals surface area contributed by atoms with E-state index in [1.54, 1.807) is 7.11 Å². The highest BCUT2D eigenvalue weighted by atomic mass is 32.2. The molecule has 0 radical (unpaired) electrons. The zero-order valence-corrected chi connectivity index (χ0v) is 13.3. The highest BCUT2D eigenvalue weighted by Crippen LogP contribution is 2.37. The first kappa shape index (κ1) is 15.6. The number of methoxy groups -OCH3 is 1. The summed E-state index contributed by atoms with van der Waals surface area (Å²) in [5.74, 6) is 2.53. The SMILES string of the molecule is CCCC(COC)NC1CCOC2(CCSCC2)C1. The molecule has 0 saturated carbocycles. The topological polar surface area (TPSA) is 30.5 Å². The summed E-state index contributed by atoms with van der Waals surface area (Å²) in [4.78, 5) is 0. The molecule has 0 amide bonds. The lowest BCUT2D eigenvalue weighted by Crippen LogP contribution is -2.51. The molecular formula is C15H29NO2S. The minimum absolute atomic E-state index is 0.186. The van der Waals surface area contributed by atoms with Crippen LogP contribution in [0.4, 0.5) is 0 Å². The Hall–Kier alpha value is 0.230. The van der Waals surface area contributed by atoms with Crippen molar-refractivity contribution in [2.75, 3.05) is 31.8 Å². The molecule has 2 fully saturated rings. The summed E-state index contributed by atoms with van der Waals surface area (Å²) in [6.07, 6.45) is 7.23. The predicted octanol–water partition coefficient (Wildman–Crippen LogP) is 2.84. The Balaban J connectivity index is 1.85. The van der Waals surface area contributed by atoms with Gasteiger partial charge in [0.2, 0.25) is 0 Å². The molecule has 1 N–H and O–H groups in total. The van der Waals surface area contributed by atoms with Gasteiger partial charge in [0.1, 0.15) is 0 Å². The van der Waals surface area contributed by atoms with Crippen LogP contribution in [-0.4, -0.2) is 49.5 Å². The van der Waals surface area contributed by atoms with Gasteiger partial charge in [-0.15, -0.1) is 0 Å². The molecule has 2 saturated heterocycles. The average Bonchev–Trinajstić information content (AvgIpc) is 2.40. The van der Waals surface area contributed by atoms with E-state index < -0.39 is 0 Å². The van der Waals surface area contributed by atoms with E-state index in [9.17, 15) is 0 Å². The fourth-order valence-electron chi connectivity index (χ4n) is 3.36. The van der Waals surface area contributed by atoms with Crippen molar-refractivity contribution in [3.8, 4) is 0 Å². The van der Waals surface area contributed by atoms with E-state index in [4.69, 9.17) is 9.47 Å². The molecule has 19 heavy (non-hydrogen) atoms. The molecule has 0 aromatic heterocycles. The molecule has 4 heteroatoms. The van der Waals surface area contributed by atoms with Crippen LogP contribution in [0.3, 0.4) is 0 Å². The van der Waals surface area contributed by atoms with Crippen LogP contribution in [0.1, 0.15) is 45.4 Å². The van der Waals surface area contributed by atoms with Gasteiger partial charge in [0.15, 0.2) is 0 Å². The first-order valence-corrected chi connectivity index (χ1v) is 8.90. The third-order valence-corrected chi connectivity index (χ3v) is 5.36. The summed E-state index contributed by atoms with van der Waals surface area (Å²) in [5, 5.41) is 3.82. The van der Waals surface area contributed by atoms with E-state index in [1.807, 2.05) is 0 Å². The molecule has 3 nitrogen and oxygen atoms in total. The maximum atomic E-state index is 6.15. The van der Waals surface area contributed by atoms with E-state index in [0.29, 0.717) is 12.1 Å². The quantitative estimate of drug-likeness (QED) is 0.814.